The third-order valence-corrected chi connectivity index (χ3v) is 5.38. The fraction of sp³-hybridized carbons (Fsp3) is 0.929. The molecule has 0 aromatic rings. The summed E-state index contributed by atoms with van der Waals surface area (Å²) in [6, 6.07) is 0.0886. The number of amides is 1. The second kappa shape index (κ2) is 4.49. The van der Waals surface area contributed by atoms with Crippen LogP contribution in [0.3, 0.4) is 0 Å². The molecule has 4 nitrogen and oxygen atoms in total. The molecule has 1 amide bonds. The molecule has 0 spiro atoms. The predicted molar refractivity (Wildman–Crippen MR) is 68.7 cm³/mol. The average Bonchev–Trinajstić information content (AvgIpc) is 2.86. The zero-order valence-corrected chi connectivity index (χ0v) is 11.1. The minimum absolute atomic E-state index is 0.0683. The molecular formula is C14H24N2O2. The van der Waals surface area contributed by atoms with E-state index in [-0.39, 0.29) is 24.0 Å². The summed E-state index contributed by atoms with van der Waals surface area (Å²) in [5.41, 5.74) is 6.21. The van der Waals surface area contributed by atoms with E-state index in [4.69, 9.17) is 5.73 Å². The maximum atomic E-state index is 12.5. The number of fused-ring (bicyclic) bond motifs is 2. The van der Waals surface area contributed by atoms with Gasteiger partial charge in [0.2, 0.25) is 5.91 Å². The highest BCUT2D eigenvalue weighted by atomic mass is 16.3. The highest BCUT2D eigenvalue weighted by molar-refractivity contribution is 5.80. The van der Waals surface area contributed by atoms with Gasteiger partial charge in [-0.15, -0.1) is 0 Å². The van der Waals surface area contributed by atoms with Crippen molar-refractivity contribution in [3.8, 4) is 0 Å². The molecule has 3 saturated carbocycles. The smallest absolute Gasteiger partial charge is 0.227 e. The van der Waals surface area contributed by atoms with Crippen LogP contribution in [0.2, 0.25) is 0 Å². The van der Waals surface area contributed by atoms with Crippen molar-refractivity contribution in [3.05, 3.63) is 0 Å². The van der Waals surface area contributed by atoms with E-state index in [0.29, 0.717) is 17.8 Å². The van der Waals surface area contributed by atoms with Crippen molar-refractivity contribution in [2.24, 2.45) is 29.4 Å². The van der Waals surface area contributed by atoms with Crippen LogP contribution in [0.4, 0.5) is 0 Å². The van der Waals surface area contributed by atoms with Crippen molar-refractivity contribution in [1.29, 1.82) is 0 Å². The highest BCUT2D eigenvalue weighted by Crippen LogP contribution is 2.48. The van der Waals surface area contributed by atoms with E-state index >= 15 is 0 Å². The lowest BCUT2D eigenvalue weighted by Gasteiger charge is -2.37. The largest absolute Gasteiger partial charge is 0.393 e. The lowest BCUT2D eigenvalue weighted by atomic mass is 9.81. The summed E-state index contributed by atoms with van der Waals surface area (Å²) >= 11 is 0. The number of nitrogens with zero attached hydrogens (tertiary/aromatic N) is 1. The zero-order valence-electron chi connectivity index (χ0n) is 11.1. The summed E-state index contributed by atoms with van der Waals surface area (Å²) in [4.78, 5) is 14.3. The molecule has 3 N–H and O–H groups in total. The number of aliphatic hydroxyl groups excluding tert-OH is 1. The van der Waals surface area contributed by atoms with Gasteiger partial charge in [0.15, 0.2) is 0 Å². The van der Waals surface area contributed by atoms with Gasteiger partial charge in [0.1, 0.15) is 0 Å². The van der Waals surface area contributed by atoms with Crippen LogP contribution in [0, 0.1) is 23.7 Å². The SMILES string of the molecule is CN(CC1CC(O)C1)C(=O)C1C2CCC(C2)C1N. The normalized spacial score (nSPS) is 45.9. The van der Waals surface area contributed by atoms with Gasteiger partial charge in [-0.1, -0.05) is 0 Å². The monoisotopic (exact) mass is 252 g/mol. The molecule has 4 atom stereocenters. The van der Waals surface area contributed by atoms with Crippen LogP contribution in [-0.2, 0) is 4.79 Å². The van der Waals surface area contributed by atoms with Crippen molar-refractivity contribution in [1.82, 2.24) is 4.90 Å². The maximum absolute atomic E-state index is 12.5. The Bertz CT molecular complexity index is 339. The molecule has 3 aliphatic rings. The number of nitrogens with two attached hydrogens (primary N) is 1. The van der Waals surface area contributed by atoms with Crippen LogP contribution in [0.15, 0.2) is 0 Å². The van der Waals surface area contributed by atoms with E-state index in [9.17, 15) is 9.90 Å². The third kappa shape index (κ3) is 1.95. The number of rotatable bonds is 3. The van der Waals surface area contributed by atoms with E-state index in [1.54, 1.807) is 0 Å². The number of carbonyl (C=O) groups excluding carboxylic acids is 1. The zero-order chi connectivity index (χ0) is 12.9. The summed E-state index contributed by atoms with van der Waals surface area (Å²) in [7, 11) is 1.89. The first-order chi connectivity index (χ1) is 8.56. The molecule has 0 heterocycles. The first-order valence-electron chi connectivity index (χ1n) is 7.25. The molecule has 3 aliphatic carbocycles. The van der Waals surface area contributed by atoms with E-state index in [1.807, 2.05) is 11.9 Å². The Labute approximate surface area is 109 Å². The van der Waals surface area contributed by atoms with Gasteiger partial charge in [0.05, 0.1) is 12.0 Å². The molecule has 18 heavy (non-hydrogen) atoms. The summed E-state index contributed by atoms with van der Waals surface area (Å²) < 4.78 is 0. The standard InChI is InChI=1S/C14H24N2O2/c1-16(7-8-4-11(17)5-8)14(18)12-9-2-3-10(6-9)13(12)15/h8-13,17H,2-7,15H2,1H3. The third-order valence-electron chi connectivity index (χ3n) is 5.38. The Morgan fingerprint density at radius 3 is 2.50 bits per heavy atom. The van der Waals surface area contributed by atoms with Crippen molar-refractivity contribution >= 4 is 5.91 Å². The first kappa shape index (κ1) is 12.4. The fourth-order valence-corrected chi connectivity index (χ4v) is 4.28. The Morgan fingerprint density at radius 2 is 1.94 bits per heavy atom. The topological polar surface area (TPSA) is 66.6 Å². The van der Waals surface area contributed by atoms with Crippen molar-refractivity contribution < 1.29 is 9.90 Å². The predicted octanol–water partition coefficient (Wildman–Crippen LogP) is 0.589. The molecule has 2 bridgehead atoms. The maximum Gasteiger partial charge on any atom is 0.227 e. The van der Waals surface area contributed by atoms with Gasteiger partial charge in [-0.05, 0) is 49.9 Å². The molecule has 4 heteroatoms. The number of hydrogen-bond acceptors (Lipinski definition) is 3. The lowest BCUT2D eigenvalue weighted by Crippen LogP contribution is -2.48. The van der Waals surface area contributed by atoms with Crippen LogP contribution in [0.1, 0.15) is 32.1 Å². The number of hydrogen-bond donors (Lipinski definition) is 2. The van der Waals surface area contributed by atoms with Gasteiger partial charge in [-0.3, -0.25) is 4.79 Å². The molecule has 3 fully saturated rings. The molecule has 4 unspecified atom stereocenters. The van der Waals surface area contributed by atoms with Crippen molar-refractivity contribution in [2.75, 3.05) is 13.6 Å². The summed E-state index contributed by atoms with van der Waals surface area (Å²) in [5.74, 6) is 1.92. The van der Waals surface area contributed by atoms with Crippen LogP contribution in [0.5, 0.6) is 0 Å². The quantitative estimate of drug-likeness (QED) is 0.772. The Hall–Kier alpha value is -0.610. The summed E-state index contributed by atoms with van der Waals surface area (Å²) in [5, 5.41) is 9.29. The van der Waals surface area contributed by atoms with Gasteiger partial charge in [0, 0.05) is 19.6 Å². The van der Waals surface area contributed by atoms with Crippen LogP contribution in [0.25, 0.3) is 0 Å². The summed E-state index contributed by atoms with van der Waals surface area (Å²) in [6.45, 7) is 0.788. The average molecular weight is 252 g/mol. The van der Waals surface area contributed by atoms with Crippen molar-refractivity contribution in [3.63, 3.8) is 0 Å². The minimum atomic E-state index is -0.136. The first-order valence-corrected chi connectivity index (χ1v) is 7.25. The van der Waals surface area contributed by atoms with Gasteiger partial charge in [-0.25, -0.2) is 0 Å². The van der Waals surface area contributed by atoms with Gasteiger partial charge >= 0.3 is 0 Å². The molecule has 0 aromatic heterocycles. The number of carbonyl (C=O) groups is 1. The van der Waals surface area contributed by atoms with Gasteiger partial charge in [0.25, 0.3) is 0 Å². The van der Waals surface area contributed by atoms with Crippen LogP contribution >= 0.6 is 0 Å². The molecule has 3 rings (SSSR count). The Balaban J connectivity index is 1.57. The molecular weight excluding hydrogens is 228 g/mol. The molecule has 0 aliphatic heterocycles. The number of aliphatic hydroxyl groups is 1. The molecule has 0 saturated heterocycles. The Morgan fingerprint density at radius 1 is 1.28 bits per heavy atom. The van der Waals surface area contributed by atoms with Gasteiger partial charge < -0.3 is 15.7 Å². The van der Waals surface area contributed by atoms with E-state index in [0.717, 1.165) is 25.8 Å². The second-order valence-corrected chi connectivity index (χ2v) is 6.65. The van der Waals surface area contributed by atoms with Gasteiger partial charge in [-0.2, -0.15) is 0 Å². The van der Waals surface area contributed by atoms with E-state index < -0.39 is 0 Å². The lowest BCUT2D eigenvalue weighted by molar-refractivity contribution is -0.138. The van der Waals surface area contributed by atoms with E-state index in [1.165, 1.54) is 12.8 Å². The minimum Gasteiger partial charge on any atom is -0.393 e. The second-order valence-electron chi connectivity index (χ2n) is 6.65. The molecule has 0 aromatic carbocycles. The molecule has 0 radical (unpaired) electrons. The fourth-order valence-electron chi connectivity index (χ4n) is 4.28. The molecule has 102 valence electrons. The van der Waals surface area contributed by atoms with Crippen LogP contribution < -0.4 is 5.73 Å². The summed E-state index contributed by atoms with van der Waals surface area (Å²) in [6.07, 6.45) is 5.12. The Kier molecular flexibility index (Phi) is 3.10. The highest BCUT2D eigenvalue weighted by Gasteiger charge is 2.50. The van der Waals surface area contributed by atoms with E-state index in [2.05, 4.69) is 0 Å². The van der Waals surface area contributed by atoms with Crippen LogP contribution in [-0.4, -0.2) is 41.7 Å². The van der Waals surface area contributed by atoms with Crippen molar-refractivity contribution in [2.45, 2.75) is 44.2 Å².